The highest BCUT2D eigenvalue weighted by Gasteiger charge is 2.16. The highest BCUT2D eigenvalue weighted by Crippen LogP contribution is 2.30. The number of ether oxygens (including phenoxy) is 1. The van der Waals surface area contributed by atoms with Gasteiger partial charge in [0.15, 0.2) is 0 Å². The van der Waals surface area contributed by atoms with Crippen LogP contribution in [0, 0.1) is 6.92 Å². The first-order valence-electron chi connectivity index (χ1n) is 12.1. The van der Waals surface area contributed by atoms with Crippen LogP contribution in [-0.4, -0.2) is 45.0 Å². The van der Waals surface area contributed by atoms with Crippen LogP contribution in [0.2, 0.25) is 15.1 Å². The maximum Gasteiger partial charge on any atom is 0.220 e. The summed E-state index contributed by atoms with van der Waals surface area (Å²) in [5.74, 6) is 0.326. The lowest BCUT2D eigenvalue weighted by Gasteiger charge is -2.17. The molecule has 198 valence electrons. The Hall–Kier alpha value is -3.10. The van der Waals surface area contributed by atoms with Crippen LogP contribution in [-0.2, 0) is 11.2 Å². The van der Waals surface area contributed by atoms with Crippen LogP contribution >= 0.6 is 34.8 Å². The number of amides is 1. The first-order valence-corrected chi connectivity index (χ1v) is 13.2. The SMILES string of the molecule is Cc1ccc(C[C@@H](CO)NC(=O)CCCOc2cc(-c3cccnc3)nn2-c2ccc(Cl)c(Cl)c2)cc1Cl. The maximum atomic E-state index is 12.5. The maximum absolute atomic E-state index is 12.5. The summed E-state index contributed by atoms with van der Waals surface area (Å²) in [6, 6.07) is 16.1. The molecule has 2 heterocycles. The van der Waals surface area contributed by atoms with Gasteiger partial charge in [0, 0.05) is 35.5 Å². The second kappa shape index (κ2) is 13.1. The molecule has 1 atom stereocenters. The summed E-state index contributed by atoms with van der Waals surface area (Å²) >= 11 is 18.5. The van der Waals surface area contributed by atoms with Crippen molar-refractivity contribution in [3.05, 3.63) is 93.2 Å². The number of aryl methyl sites for hydroxylation is 1. The predicted molar refractivity (Wildman–Crippen MR) is 150 cm³/mol. The fourth-order valence-electron chi connectivity index (χ4n) is 3.84. The van der Waals surface area contributed by atoms with Crippen molar-refractivity contribution in [1.29, 1.82) is 0 Å². The van der Waals surface area contributed by atoms with E-state index in [1.165, 1.54) is 0 Å². The lowest BCUT2D eigenvalue weighted by molar-refractivity contribution is -0.122. The summed E-state index contributed by atoms with van der Waals surface area (Å²) in [5.41, 5.74) is 4.12. The largest absolute Gasteiger partial charge is 0.478 e. The number of halogens is 3. The molecular formula is C28H27Cl3N4O3. The van der Waals surface area contributed by atoms with Gasteiger partial charge in [0.05, 0.1) is 40.7 Å². The van der Waals surface area contributed by atoms with Gasteiger partial charge in [-0.2, -0.15) is 5.10 Å². The summed E-state index contributed by atoms with van der Waals surface area (Å²) < 4.78 is 7.66. The third kappa shape index (κ3) is 7.26. The van der Waals surface area contributed by atoms with E-state index in [1.54, 1.807) is 35.3 Å². The van der Waals surface area contributed by atoms with E-state index in [2.05, 4.69) is 15.4 Å². The first-order chi connectivity index (χ1) is 18.3. The number of hydrogen-bond acceptors (Lipinski definition) is 5. The number of carbonyl (C=O) groups is 1. The minimum absolute atomic E-state index is 0.167. The average Bonchev–Trinajstić information content (AvgIpc) is 3.34. The van der Waals surface area contributed by atoms with Crippen LogP contribution < -0.4 is 10.1 Å². The van der Waals surface area contributed by atoms with E-state index < -0.39 is 6.04 Å². The zero-order valence-electron chi connectivity index (χ0n) is 20.7. The van der Waals surface area contributed by atoms with Gasteiger partial charge in [0.25, 0.3) is 0 Å². The van der Waals surface area contributed by atoms with Crippen LogP contribution in [0.4, 0.5) is 0 Å². The third-order valence-electron chi connectivity index (χ3n) is 5.88. The van der Waals surface area contributed by atoms with Crippen molar-refractivity contribution in [2.45, 2.75) is 32.2 Å². The molecule has 38 heavy (non-hydrogen) atoms. The Bertz CT molecular complexity index is 1400. The van der Waals surface area contributed by atoms with Crippen LogP contribution in [0.1, 0.15) is 24.0 Å². The highest BCUT2D eigenvalue weighted by atomic mass is 35.5. The van der Waals surface area contributed by atoms with E-state index in [0.717, 1.165) is 16.7 Å². The number of aromatic nitrogens is 3. The molecule has 0 fully saturated rings. The molecular weight excluding hydrogens is 547 g/mol. The predicted octanol–water partition coefficient (Wildman–Crippen LogP) is 6.08. The van der Waals surface area contributed by atoms with E-state index in [1.807, 2.05) is 43.3 Å². The van der Waals surface area contributed by atoms with Crippen molar-refractivity contribution in [3.8, 4) is 22.8 Å². The Kier molecular flexibility index (Phi) is 9.63. The van der Waals surface area contributed by atoms with Crippen LogP contribution in [0.5, 0.6) is 5.88 Å². The molecule has 0 bridgehead atoms. The molecule has 0 saturated heterocycles. The summed E-state index contributed by atoms with van der Waals surface area (Å²) in [5, 5.41) is 18.8. The standard InChI is InChI=1S/C28H27Cl3N4O3/c1-18-6-7-19(13-24(18)30)12-21(17-36)33-27(37)5-3-11-38-28-15-26(20-4-2-10-32-16-20)34-35(28)22-8-9-23(29)25(31)14-22/h2,4,6-10,13-16,21,36H,3,5,11-12,17H2,1H3,(H,33,37)/t21-/m0/s1. The van der Waals surface area contributed by atoms with Crippen molar-refractivity contribution in [2.24, 2.45) is 0 Å². The molecule has 0 radical (unpaired) electrons. The molecule has 0 aliphatic heterocycles. The molecule has 4 rings (SSSR count). The molecule has 2 N–H and O–H groups in total. The van der Waals surface area contributed by atoms with E-state index in [4.69, 9.17) is 39.5 Å². The molecule has 7 nitrogen and oxygen atoms in total. The second-order valence-electron chi connectivity index (χ2n) is 8.81. The number of rotatable bonds is 11. The summed E-state index contributed by atoms with van der Waals surface area (Å²) in [6.45, 7) is 2.04. The van der Waals surface area contributed by atoms with E-state index in [-0.39, 0.29) is 25.5 Å². The van der Waals surface area contributed by atoms with Gasteiger partial charge in [0.2, 0.25) is 11.8 Å². The van der Waals surface area contributed by atoms with Crippen molar-refractivity contribution in [1.82, 2.24) is 20.1 Å². The number of pyridine rings is 1. The monoisotopic (exact) mass is 572 g/mol. The lowest BCUT2D eigenvalue weighted by Crippen LogP contribution is -2.39. The molecule has 0 aliphatic rings. The molecule has 0 unspecified atom stereocenters. The quantitative estimate of drug-likeness (QED) is 0.212. The number of carbonyl (C=O) groups excluding carboxylic acids is 1. The number of nitrogens with one attached hydrogen (secondary N) is 1. The van der Waals surface area contributed by atoms with E-state index >= 15 is 0 Å². The van der Waals surface area contributed by atoms with Crippen molar-refractivity contribution < 1.29 is 14.6 Å². The van der Waals surface area contributed by atoms with Gasteiger partial charge in [-0.15, -0.1) is 0 Å². The van der Waals surface area contributed by atoms with Crippen LogP contribution in [0.15, 0.2) is 67.0 Å². The summed E-state index contributed by atoms with van der Waals surface area (Å²) in [7, 11) is 0. The molecule has 0 aliphatic carbocycles. The molecule has 2 aromatic heterocycles. The Balaban J connectivity index is 1.37. The Morgan fingerprint density at radius 2 is 1.92 bits per heavy atom. The van der Waals surface area contributed by atoms with Gasteiger partial charge < -0.3 is 15.2 Å². The van der Waals surface area contributed by atoms with Crippen LogP contribution in [0.25, 0.3) is 16.9 Å². The first kappa shape index (κ1) is 27.9. The highest BCUT2D eigenvalue weighted by molar-refractivity contribution is 6.42. The fourth-order valence-corrected chi connectivity index (χ4v) is 4.34. The van der Waals surface area contributed by atoms with Gasteiger partial charge in [-0.3, -0.25) is 9.78 Å². The number of nitrogens with zero attached hydrogens (tertiary/aromatic N) is 3. The van der Waals surface area contributed by atoms with Gasteiger partial charge in [0.1, 0.15) is 0 Å². The van der Waals surface area contributed by atoms with E-state index in [0.29, 0.717) is 45.2 Å². The number of aliphatic hydroxyl groups excluding tert-OH is 1. The topological polar surface area (TPSA) is 89.3 Å². The third-order valence-corrected chi connectivity index (χ3v) is 7.03. The summed E-state index contributed by atoms with van der Waals surface area (Å²) in [6.07, 6.45) is 4.60. The zero-order chi connectivity index (χ0) is 27.1. The summed E-state index contributed by atoms with van der Waals surface area (Å²) in [4.78, 5) is 16.7. The molecule has 4 aromatic rings. The second-order valence-corrected chi connectivity index (χ2v) is 10.0. The minimum atomic E-state index is -0.402. The normalized spacial score (nSPS) is 11.8. The number of hydrogen-bond donors (Lipinski definition) is 2. The van der Waals surface area contributed by atoms with Crippen molar-refractivity contribution in [3.63, 3.8) is 0 Å². The Morgan fingerprint density at radius 3 is 2.63 bits per heavy atom. The van der Waals surface area contributed by atoms with Gasteiger partial charge >= 0.3 is 0 Å². The van der Waals surface area contributed by atoms with Crippen LogP contribution in [0.3, 0.4) is 0 Å². The Morgan fingerprint density at radius 1 is 1.08 bits per heavy atom. The molecule has 2 aromatic carbocycles. The molecule has 10 heteroatoms. The minimum Gasteiger partial charge on any atom is -0.478 e. The van der Waals surface area contributed by atoms with Gasteiger partial charge in [-0.25, -0.2) is 4.68 Å². The van der Waals surface area contributed by atoms with Crippen molar-refractivity contribution >= 4 is 40.7 Å². The smallest absolute Gasteiger partial charge is 0.220 e. The van der Waals surface area contributed by atoms with Crippen molar-refractivity contribution in [2.75, 3.05) is 13.2 Å². The molecule has 0 saturated carbocycles. The van der Waals surface area contributed by atoms with Gasteiger partial charge in [-0.1, -0.05) is 46.9 Å². The molecule has 0 spiro atoms. The fraction of sp³-hybridized carbons (Fsp3) is 0.250. The number of aliphatic hydroxyl groups is 1. The number of benzene rings is 2. The van der Waals surface area contributed by atoms with E-state index in [9.17, 15) is 9.90 Å². The Labute approximate surface area is 236 Å². The molecule has 1 amide bonds. The lowest BCUT2D eigenvalue weighted by atomic mass is 10.0. The zero-order valence-corrected chi connectivity index (χ0v) is 23.0. The van der Waals surface area contributed by atoms with Gasteiger partial charge in [-0.05, 0) is 67.3 Å². The average molecular weight is 574 g/mol.